The van der Waals surface area contributed by atoms with E-state index in [-0.39, 0.29) is 11.4 Å². The van der Waals surface area contributed by atoms with Crippen LogP contribution in [0.15, 0.2) is 24.3 Å². The van der Waals surface area contributed by atoms with Gasteiger partial charge in [-0.25, -0.2) is 0 Å². The highest BCUT2D eigenvalue weighted by molar-refractivity contribution is 5.76. The quantitative estimate of drug-likeness (QED) is 0.786. The van der Waals surface area contributed by atoms with Crippen molar-refractivity contribution in [2.24, 2.45) is 0 Å². The number of nitrogens with one attached hydrogen (secondary N) is 1. The van der Waals surface area contributed by atoms with E-state index in [0.717, 1.165) is 18.5 Å². The number of amides is 1. The second-order valence-electron chi connectivity index (χ2n) is 5.40. The van der Waals surface area contributed by atoms with Crippen LogP contribution in [-0.2, 0) is 11.2 Å². The van der Waals surface area contributed by atoms with Crippen LogP contribution in [-0.4, -0.2) is 11.4 Å². The molecule has 0 aromatic heterocycles. The molecule has 17 heavy (non-hydrogen) atoms. The van der Waals surface area contributed by atoms with Crippen molar-refractivity contribution >= 4 is 11.6 Å². The van der Waals surface area contributed by atoms with E-state index in [1.165, 1.54) is 5.56 Å². The molecule has 0 aliphatic carbocycles. The van der Waals surface area contributed by atoms with Crippen LogP contribution in [0.4, 0.5) is 5.69 Å². The summed E-state index contributed by atoms with van der Waals surface area (Å²) < 4.78 is 0. The predicted octanol–water partition coefficient (Wildman–Crippen LogP) is 2.51. The minimum Gasteiger partial charge on any atom is -0.399 e. The average molecular weight is 234 g/mol. The summed E-state index contributed by atoms with van der Waals surface area (Å²) in [6.07, 6.45) is 2.31. The zero-order valence-corrected chi connectivity index (χ0v) is 10.9. The molecule has 1 aromatic carbocycles. The molecule has 0 heterocycles. The fourth-order valence-electron chi connectivity index (χ4n) is 1.68. The van der Waals surface area contributed by atoms with Crippen LogP contribution < -0.4 is 11.1 Å². The molecule has 3 nitrogen and oxygen atoms in total. The molecule has 1 rings (SSSR count). The van der Waals surface area contributed by atoms with Gasteiger partial charge >= 0.3 is 0 Å². The first-order valence-electron chi connectivity index (χ1n) is 6.02. The fraction of sp³-hybridized carbons (Fsp3) is 0.500. The molecule has 0 radical (unpaired) electrons. The van der Waals surface area contributed by atoms with Crippen LogP contribution >= 0.6 is 0 Å². The maximum Gasteiger partial charge on any atom is 0.220 e. The van der Waals surface area contributed by atoms with E-state index >= 15 is 0 Å². The molecular weight excluding hydrogens is 212 g/mol. The van der Waals surface area contributed by atoms with Crippen molar-refractivity contribution in [2.75, 3.05) is 5.73 Å². The van der Waals surface area contributed by atoms with Gasteiger partial charge in [0.15, 0.2) is 0 Å². The van der Waals surface area contributed by atoms with Gasteiger partial charge in [0.1, 0.15) is 0 Å². The lowest BCUT2D eigenvalue weighted by molar-refractivity contribution is -0.122. The third kappa shape index (κ3) is 5.95. The molecule has 94 valence electrons. The van der Waals surface area contributed by atoms with E-state index in [2.05, 4.69) is 5.32 Å². The number of hydrogen-bond donors (Lipinski definition) is 2. The highest BCUT2D eigenvalue weighted by Crippen LogP contribution is 2.10. The van der Waals surface area contributed by atoms with Crippen molar-refractivity contribution in [1.29, 1.82) is 0 Å². The molecule has 0 fully saturated rings. The minimum absolute atomic E-state index is 0.112. The van der Waals surface area contributed by atoms with Crippen LogP contribution in [0, 0.1) is 0 Å². The van der Waals surface area contributed by atoms with E-state index in [1.807, 2.05) is 45.0 Å². The molecule has 0 aliphatic rings. The predicted molar refractivity (Wildman–Crippen MR) is 71.7 cm³/mol. The largest absolute Gasteiger partial charge is 0.399 e. The maximum atomic E-state index is 11.6. The molecule has 0 saturated carbocycles. The molecule has 0 unspecified atom stereocenters. The van der Waals surface area contributed by atoms with Gasteiger partial charge in [-0.1, -0.05) is 12.1 Å². The number of carbonyl (C=O) groups is 1. The highest BCUT2D eigenvalue weighted by Gasteiger charge is 2.12. The molecular formula is C14H22N2O. The first kappa shape index (κ1) is 13.6. The Kier molecular flexibility index (Phi) is 4.55. The number of aryl methyl sites for hydroxylation is 1. The topological polar surface area (TPSA) is 55.1 Å². The van der Waals surface area contributed by atoms with Crippen molar-refractivity contribution in [3.63, 3.8) is 0 Å². The first-order chi connectivity index (χ1) is 7.87. The number of rotatable bonds is 4. The maximum absolute atomic E-state index is 11.6. The number of hydrogen-bond acceptors (Lipinski definition) is 2. The van der Waals surface area contributed by atoms with Crippen molar-refractivity contribution < 1.29 is 4.79 Å². The number of nitrogens with two attached hydrogens (primary N) is 1. The second-order valence-corrected chi connectivity index (χ2v) is 5.40. The second kappa shape index (κ2) is 5.71. The van der Waals surface area contributed by atoms with Crippen molar-refractivity contribution in [3.8, 4) is 0 Å². The van der Waals surface area contributed by atoms with E-state index < -0.39 is 0 Å². The SMILES string of the molecule is CC(C)(C)NC(=O)CCCc1cccc(N)c1. The summed E-state index contributed by atoms with van der Waals surface area (Å²) in [5.41, 5.74) is 7.52. The number of carbonyl (C=O) groups excluding carboxylic acids is 1. The number of benzene rings is 1. The lowest BCUT2D eigenvalue weighted by Gasteiger charge is -2.20. The Balaban J connectivity index is 2.31. The van der Waals surface area contributed by atoms with Crippen LogP contribution in [0.5, 0.6) is 0 Å². The van der Waals surface area contributed by atoms with Gasteiger partial charge in [-0.15, -0.1) is 0 Å². The summed E-state index contributed by atoms with van der Waals surface area (Å²) in [5.74, 6) is 0.112. The van der Waals surface area contributed by atoms with Gasteiger partial charge in [0, 0.05) is 17.6 Å². The van der Waals surface area contributed by atoms with Gasteiger partial charge in [-0.3, -0.25) is 4.79 Å². The van der Waals surface area contributed by atoms with E-state index in [0.29, 0.717) is 6.42 Å². The monoisotopic (exact) mass is 234 g/mol. The van der Waals surface area contributed by atoms with E-state index in [1.54, 1.807) is 0 Å². The van der Waals surface area contributed by atoms with Gasteiger partial charge in [0.05, 0.1) is 0 Å². The Morgan fingerprint density at radius 1 is 1.35 bits per heavy atom. The molecule has 1 aromatic rings. The highest BCUT2D eigenvalue weighted by atomic mass is 16.1. The fourth-order valence-corrected chi connectivity index (χ4v) is 1.68. The van der Waals surface area contributed by atoms with Crippen LogP contribution in [0.25, 0.3) is 0 Å². The van der Waals surface area contributed by atoms with Gasteiger partial charge in [-0.2, -0.15) is 0 Å². The summed E-state index contributed by atoms with van der Waals surface area (Å²) in [6.45, 7) is 5.97. The van der Waals surface area contributed by atoms with Gasteiger partial charge in [0.2, 0.25) is 5.91 Å². The summed E-state index contributed by atoms with van der Waals surface area (Å²) in [6, 6.07) is 7.81. The Morgan fingerprint density at radius 2 is 2.06 bits per heavy atom. The summed E-state index contributed by atoms with van der Waals surface area (Å²) in [7, 11) is 0. The first-order valence-corrected chi connectivity index (χ1v) is 6.02. The number of nitrogen functional groups attached to an aromatic ring is 1. The van der Waals surface area contributed by atoms with Crippen LogP contribution in [0.1, 0.15) is 39.2 Å². The third-order valence-corrected chi connectivity index (χ3v) is 2.33. The van der Waals surface area contributed by atoms with E-state index in [4.69, 9.17) is 5.73 Å². The zero-order valence-electron chi connectivity index (χ0n) is 10.9. The van der Waals surface area contributed by atoms with E-state index in [9.17, 15) is 4.79 Å². The lowest BCUT2D eigenvalue weighted by Crippen LogP contribution is -2.40. The zero-order chi connectivity index (χ0) is 12.9. The normalized spacial score (nSPS) is 11.2. The Labute approximate surface area is 103 Å². The number of anilines is 1. The molecule has 0 saturated heterocycles. The minimum atomic E-state index is -0.145. The van der Waals surface area contributed by atoms with Gasteiger partial charge < -0.3 is 11.1 Å². The third-order valence-electron chi connectivity index (χ3n) is 2.33. The van der Waals surface area contributed by atoms with Crippen LogP contribution in [0.2, 0.25) is 0 Å². The van der Waals surface area contributed by atoms with Crippen molar-refractivity contribution in [3.05, 3.63) is 29.8 Å². The Bertz CT molecular complexity index is 380. The Hall–Kier alpha value is -1.51. The molecule has 3 N–H and O–H groups in total. The standard InChI is InChI=1S/C14H22N2O/c1-14(2,3)16-13(17)9-5-7-11-6-4-8-12(15)10-11/h4,6,8,10H,5,7,9,15H2,1-3H3,(H,16,17). The van der Waals surface area contributed by atoms with Crippen molar-refractivity contribution in [1.82, 2.24) is 5.32 Å². The summed E-state index contributed by atoms with van der Waals surface area (Å²) >= 11 is 0. The van der Waals surface area contributed by atoms with Gasteiger partial charge in [-0.05, 0) is 51.3 Å². The average Bonchev–Trinajstić information content (AvgIpc) is 2.14. The molecule has 0 atom stereocenters. The molecule has 0 spiro atoms. The summed E-state index contributed by atoms with van der Waals surface area (Å²) in [4.78, 5) is 11.6. The molecule has 1 amide bonds. The molecule has 0 bridgehead atoms. The lowest BCUT2D eigenvalue weighted by atomic mass is 10.1. The molecule has 3 heteroatoms. The van der Waals surface area contributed by atoms with Crippen LogP contribution in [0.3, 0.4) is 0 Å². The van der Waals surface area contributed by atoms with Gasteiger partial charge in [0.25, 0.3) is 0 Å². The smallest absolute Gasteiger partial charge is 0.220 e. The molecule has 0 aliphatic heterocycles. The van der Waals surface area contributed by atoms with Crippen molar-refractivity contribution in [2.45, 2.75) is 45.6 Å². The Morgan fingerprint density at radius 3 is 2.65 bits per heavy atom. The summed E-state index contributed by atoms with van der Waals surface area (Å²) in [5, 5.41) is 2.95.